The van der Waals surface area contributed by atoms with E-state index >= 15 is 0 Å². The lowest BCUT2D eigenvalue weighted by Crippen LogP contribution is -2.44. The number of rotatable bonds is 7. The molecular formula is C23H33N5OS. The van der Waals surface area contributed by atoms with Crippen LogP contribution in [0.1, 0.15) is 46.6 Å². The van der Waals surface area contributed by atoms with Crippen molar-refractivity contribution in [3.8, 4) is 0 Å². The molecule has 2 atom stereocenters. The molecule has 1 aromatic heterocycles. The number of carbonyl (C=O) groups is 1. The summed E-state index contributed by atoms with van der Waals surface area (Å²) in [5.41, 5.74) is 1.74. The van der Waals surface area contributed by atoms with Crippen LogP contribution in [0.4, 0.5) is 0 Å². The van der Waals surface area contributed by atoms with Gasteiger partial charge in [-0.15, -0.1) is 11.3 Å². The summed E-state index contributed by atoms with van der Waals surface area (Å²) >= 11 is 1.85. The minimum absolute atomic E-state index is 0.0715. The van der Waals surface area contributed by atoms with Gasteiger partial charge in [-0.1, -0.05) is 18.2 Å². The SMILES string of the molecule is CCNC(=NCc1ccc(C(=O)NC)cc1)NCC1CCCN(C)C1c1cccs1. The largest absolute Gasteiger partial charge is 0.357 e. The van der Waals surface area contributed by atoms with Crippen molar-refractivity contribution in [2.24, 2.45) is 10.9 Å². The molecule has 30 heavy (non-hydrogen) atoms. The number of nitrogens with one attached hydrogen (secondary N) is 3. The van der Waals surface area contributed by atoms with Gasteiger partial charge in [0.2, 0.25) is 0 Å². The minimum atomic E-state index is -0.0715. The highest BCUT2D eigenvalue weighted by molar-refractivity contribution is 7.10. The van der Waals surface area contributed by atoms with Gasteiger partial charge in [-0.3, -0.25) is 9.69 Å². The van der Waals surface area contributed by atoms with Crippen LogP contribution in [0.3, 0.4) is 0 Å². The summed E-state index contributed by atoms with van der Waals surface area (Å²) < 4.78 is 0. The first-order chi connectivity index (χ1) is 14.6. The molecule has 2 unspecified atom stereocenters. The van der Waals surface area contributed by atoms with E-state index in [1.54, 1.807) is 7.05 Å². The molecule has 1 saturated heterocycles. The Bertz CT molecular complexity index is 819. The van der Waals surface area contributed by atoms with Crippen LogP contribution in [0.5, 0.6) is 0 Å². The lowest BCUT2D eigenvalue weighted by Gasteiger charge is -2.39. The highest BCUT2D eigenvalue weighted by Gasteiger charge is 2.31. The molecule has 1 aliphatic heterocycles. The second-order valence-electron chi connectivity index (χ2n) is 7.70. The maximum absolute atomic E-state index is 11.7. The molecule has 0 spiro atoms. The third-order valence-corrected chi connectivity index (χ3v) is 6.52. The van der Waals surface area contributed by atoms with Crippen LogP contribution in [0.15, 0.2) is 46.8 Å². The average Bonchev–Trinajstić information content (AvgIpc) is 3.30. The van der Waals surface area contributed by atoms with E-state index in [1.807, 2.05) is 35.6 Å². The first kappa shape index (κ1) is 22.3. The smallest absolute Gasteiger partial charge is 0.251 e. The van der Waals surface area contributed by atoms with Gasteiger partial charge in [0.25, 0.3) is 5.91 Å². The van der Waals surface area contributed by atoms with E-state index in [4.69, 9.17) is 4.99 Å². The predicted octanol–water partition coefficient (Wildman–Crippen LogP) is 3.25. The maximum Gasteiger partial charge on any atom is 0.251 e. The summed E-state index contributed by atoms with van der Waals surface area (Å²) in [5, 5.41) is 11.7. The van der Waals surface area contributed by atoms with E-state index in [9.17, 15) is 4.79 Å². The highest BCUT2D eigenvalue weighted by atomic mass is 32.1. The molecule has 162 valence electrons. The fourth-order valence-electron chi connectivity index (χ4n) is 4.03. The van der Waals surface area contributed by atoms with Gasteiger partial charge >= 0.3 is 0 Å². The van der Waals surface area contributed by atoms with Crippen molar-refractivity contribution in [1.29, 1.82) is 0 Å². The number of nitrogens with zero attached hydrogens (tertiary/aromatic N) is 2. The number of aliphatic imine (C=N–C) groups is 1. The second-order valence-corrected chi connectivity index (χ2v) is 8.67. The van der Waals surface area contributed by atoms with Crippen molar-refractivity contribution in [1.82, 2.24) is 20.9 Å². The van der Waals surface area contributed by atoms with Gasteiger partial charge in [-0.05, 0) is 68.4 Å². The molecule has 1 amide bonds. The molecule has 1 aromatic carbocycles. The molecule has 1 fully saturated rings. The average molecular weight is 428 g/mol. The van der Waals surface area contributed by atoms with Crippen molar-refractivity contribution in [3.05, 3.63) is 57.8 Å². The summed E-state index contributed by atoms with van der Waals surface area (Å²) in [6.07, 6.45) is 2.45. The predicted molar refractivity (Wildman–Crippen MR) is 125 cm³/mol. The first-order valence-electron chi connectivity index (χ1n) is 10.7. The molecule has 2 aromatic rings. The number of thiophene rings is 1. The Kier molecular flexibility index (Phi) is 8.28. The van der Waals surface area contributed by atoms with Crippen LogP contribution in [0.2, 0.25) is 0 Å². The van der Waals surface area contributed by atoms with Gasteiger partial charge in [-0.25, -0.2) is 4.99 Å². The first-order valence-corrected chi connectivity index (χ1v) is 11.6. The minimum Gasteiger partial charge on any atom is -0.357 e. The van der Waals surface area contributed by atoms with Crippen molar-refractivity contribution >= 4 is 23.2 Å². The zero-order chi connectivity index (χ0) is 21.3. The van der Waals surface area contributed by atoms with Crippen molar-refractivity contribution in [3.63, 3.8) is 0 Å². The molecule has 0 saturated carbocycles. The zero-order valence-electron chi connectivity index (χ0n) is 18.1. The number of hydrogen-bond donors (Lipinski definition) is 3. The fraction of sp³-hybridized carbons (Fsp3) is 0.478. The lowest BCUT2D eigenvalue weighted by atomic mass is 9.88. The molecule has 3 N–H and O–H groups in total. The van der Waals surface area contributed by atoms with Gasteiger partial charge in [-0.2, -0.15) is 0 Å². The number of likely N-dealkylation sites (tertiary alicyclic amines) is 1. The van der Waals surface area contributed by atoms with E-state index in [1.165, 1.54) is 17.7 Å². The van der Waals surface area contributed by atoms with E-state index in [0.29, 0.717) is 24.1 Å². The van der Waals surface area contributed by atoms with E-state index in [-0.39, 0.29) is 5.91 Å². The lowest BCUT2D eigenvalue weighted by molar-refractivity contribution is 0.0963. The molecule has 6 nitrogen and oxygen atoms in total. The Labute approximate surface area is 183 Å². The molecule has 3 rings (SSSR count). The quantitative estimate of drug-likeness (QED) is 0.469. The number of piperidine rings is 1. The summed E-state index contributed by atoms with van der Waals surface area (Å²) in [6.45, 7) is 5.52. The molecule has 7 heteroatoms. The van der Waals surface area contributed by atoms with Crippen LogP contribution < -0.4 is 16.0 Å². The summed E-state index contributed by atoms with van der Waals surface area (Å²) in [5.74, 6) is 1.32. The normalized spacial score (nSPS) is 20.0. The highest BCUT2D eigenvalue weighted by Crippen LogP contribution is 2.36. The second kappa shape index (κ2) is 11.1. The molecule has 2 heterocycles. The van der Waals surface area contributed by atoms with Crippen LogP contribution in [0.25, 0.3) is 0 Å². The Morgan fingerprint density at radius 1 is 1.23 bits per heavy atom. The van der Waals surface area contributed by atoms with E-state index < -0.39 is 0 Å². The Morgan fingerprint density at radius 2 is 2.03 bits per heavy atom. The zero-order valence-corrected chi connectivity index (χ0v) is 19.0. The molecule has 0 bridgehead atoms. The molecule has 0 aliphatic carbocycles. The van der Waals surface area contributed by atoms with Gasteiger partial charge in [0, 0.05) is 36.6 Å². The van der Waals surface area contributed by atoms with Crippen molar-refractivity contribution < 1.29 is 4.79 Å². The number of benzene rings is 1. The number of guanidine groups is 1. The molecular weight excluding hydrogens is 394 g/mol. The standard InChI is InChI=1S/C23H33N5OS/c1-4-25-23(26-15-17-9-11-18(12-10-17)22(29)24-2)27-16-19-7-5-13-28(3)21(19)20-8-6-14-30-20/h6,8-12,14,19,21H,4-5,7,13,15-16H2,1-3H3,(H,24,29)(H2,25,26,27). The van der Waals surface area contributed by atoms with Gasteiger partial charge in [0.1, 0.15) is 0 Å². The molecule has 1 aliphatic rings. The van der Waals surface area contributed by atoms with Gasteiger partial charge < -0.3 is 16.0 Å². The third kappa shape index (κ3) is 5.83. The Balaban J connectivity index is 1.62. The Morgan fingerprint density at radius 3 is 2.70 bits per heavy atom. The van der Waals surface area contributed by atoms with E-state index in [0.717, 1.165) is 31.2 Å². The van der Waals surface area contributed by atoms with Crippen LogP contribution in [-0.4, -0.2) is 50.5 Å². The van der Waals surface area contributed by atoms with E-state index in [2.05, 4.69) is 52.3 Å². The third-order valence-electron chi connectivity index (χ3n) is 5.58. The van der Waals surface area contributed by atoms with Crippen LogP contribution in [-0.2, 0) is 6.54 Å². The fourth-order valence-corrected chi connectivity index (χ4v) is 5.01. The number of carbonyl (C=O) groups excluding carboxylic acids is 1. The van der Waals surface area contributed by atoms with Crippen LogP contribution >= 0.6 is 11.3 Å². The van der Waals surface area contributed by atoms with Gasteiger partial charge in [0.15, 0.2) is 5.96 Å². The van der Waals surface area contributed by atoms with Crippen LogP contribution in [0, 0.1) is 5.92 Å². The maximum atomic E-state index is 11.7. The van der Waals surface area contributed by atoms with Gasteiger partial charge in [0.05, 0.1) is 6.54 Å². The summed E-state index contributed by atoms with van der Waals surface area (Å²) in [7, 11) is 3.88. The number of hydrogen-bond acceptors (Lipinski definition) is 4. The number of amides is 1. The summed E-state index contributed by atoms with van der Waals surface area (Å²) in [4.78, 5) is 20.4. The summed E-state index contributed by atoms with van der Waals surface area (Å²) in [6, 6.07) is 12.5. The topological polar surface area (TPSA) is 68.8 Å². The molecule has 0 radical (unpaired) electrons. The van der Waals surface area contributed by atoms with Crippen molar-refractivity contribution in [2.75, 3.05) is 33.7 Å². The van der Waals surface area contributed by atoms with Crippen molar-refractivity contribution in [2.45, 2.75) is 32.4 Å². The Hall–Kier alpha value is -2.38. The monoisotopic (exact) mass is 427 g/mol.